The Morgan fingerprint density at radius 1 is 0.946 bits per heavy atom. The molecule has 204 valence electrons. The van der Waals surface area contributed by atoms with Crippen LogP contribution in [0.15, 0.2) is 55.6 Å². The van der Waals surface area contributed by atoms with Crippen molar-refractivity contribution in [3.8, 4) is 0 Å². The number of nitrogens with zero attached hydrogens (tertiary/aromatic N) is 2. The lowest BCUT2D eigenvalue weighted by Crippen LogP contribution is -2.35. The Hall–Kier alpha value is -1.57. The molecule has 5 nitrogen and oxygen atoms in total. The van der Waals surface area contributed by atoms with Crippen LogP contribution in [0.25, 0.3) is 5.70 Å². The van der Waals surface area contributed by atoms with Crippen molar-refractivity contribution < 1.29 is 9.26 Å². The third-order valence-electron chi connectivity index (χ3n) is 6.83. The van der Waals surface area contributed by atoms with E-state index in [1.54, 1.807) is 0 Å². The standard InChI is InChI=1S/C30H43BrN2O3S/c1-3-4-5-6-7-8-9-10-11-12-13-14-15-16-17-18-23-35-30(26-19-21-27(31)22-20-26)28-32-36-29(34)33(28)25(2)24-37-30/h10-11,19-22,24H,3-9,12-18,23H2,1-2H3/b11-10-/t30-/m0/s1. The molecule has 0 bridgehead atoms. The van der Waals surface area contributed by atoms with Gasteiger partial charge in [-0.3, -0.25) is 4.52 Å². The maximum absolute atomic E-state index is 12.3. The van der Waals surface area contributed by atoms with Crippen molar-refractivity contribution in [1.82, 2.24) is 9.72 Å². The van der Waals surface area contributed by atoms with Gasteiger partial charge in [-0.2, -0.15) is 0 Å². The fraction of sp³-hybridized carbons (Fsp3) is 0.600. The molecule has 0 aliphatic carbocycles. The van der Waals surface area contributed by atoms with E-state index in [4.69, 9.17) is 9.26 Å². The van der Waals surface area contributed by atoms with Crippen LogP contribution in [0.4, 0.5) is 0 Å². The van der Waals surface area contributed by atoms with Gasteiger partial charge in [0, 0.05) is 22.3 Å². The fourth-order valence-corrected chi connectivity index (χ4v) is 6.02. The highest BCUT2D eigenvalue weighted by atomic mass is 79.9. The molecule has 1 aromatic heterocycles. The van der Waals surface area contributed by atoms with Gasteiger partial charge in [0.15, 0.2) is 0 Å². The average Bonchev–Trinajstić information content (AvgIpc) is 3.30. The van der Waals surface area contributed by atoms with Crippen LogP contribution < -0.4 is 5.76 Å². The summed E-state index contributed by atoms with van der Waals surface area (Å²) in [7, 11) is 0. The van der Waals surface area contributed by atoms with Crippen LogP contribution in [0.3, 0.4) is 0 Å². The number of ether oxygens (including phenoxy) is 1. The van der Waals surface area contributed by atoms with Gasteiger partial charge < -0.3 is 4.74 Å². The van der Waals surface area contributed by atoms with E-state index in [0.29, 0.717) is 12.4 Å². The molecule has 0 radical (unpaired) electrons. The molecule has 2 aromatic rings. The van der Waals surface area contributed by atoms with Crippen LogP contribution in [0.2, 0.25) is 0 Å². The molecular weight excluding hydrogens is 548 g/mol. The zero-order valence-corrected chi connectivity index (χ0v) is 25.0. The minimum atomic E-state index is -0.895. The minimum Gasteiger partial charge on any atom is -0.352 e. The number of rotatable bonds is 18. The quantitative estimate of drug-likeness (QED) is 0.128. The van der Waals surface area contributed by atoms with Gasteiger partial charge in [0.25, 0.3) is 0 Å². The summed E-state index contributed by atoms with van der Waals surface area (Å²) >= 11 is 5.04. The van der Waals surface area contributed by atoms with Crippen LogP contribution in [0.5, 0.6) is 0 Å². The van der Waals surface area contributed by atoms with E-state index in [-0.39, 0.29) is 0 Å². The minimum absolute atomic E-state index is 0.480. The number of unbranched alkanes of at least 4 members (excludes halogenated alkanes) is 12. The van der Waals surface area contributed by atoms with E-state index in [1.807, 2.05) is 36.6 Å². The summed E-state index contributed by atoms with van der Waals surface area (Å²) in [6.45, 7) is 4.75. The molecule has 1 aliphatic heterocycles. The van der Waals surface area contributed by atoms with Gasteiger partial charge >= 0.3 is 5.76 Å². The third kappa shape index (κ3) is 9.00. The second kappa shape index (κ2) is 16.4. The van der Waals surface area contributed by atoms with Gasteiger partial charge in [-0.1, -0.05) is 122 Å². The average molecular weight is 592 g/mol. The first-order valence-electron chi connectivity index (χ1n) is 14.1. The van der Waals surface area contributed by atoms with E-state index >= 15 is 0 Å². The number of halogens is 1. The highest BCUT2D eigenvalue weighted by molar-refractivity contribution is 9.10. The lowest BCUT2D eigenvalue weighted by molar-refractivity contribution is 0.0407. The first kappa shape index (κ1) is 30.0. The molecule has 0 unspecified atom stereocenters. The summed E-state index contributed by atoms with van der Waals surface area (Å²) < 4.78 is 14.1. The van der Waals surface area contributed by atoms with Crippen molar-refractivity contribution in [3.63, 3.8) is 0 Å². The van der Waals surface area contributed by atoms with E-state index in [2.05, 4.69) is 40.2 Å². The topological polar surface area (TPSA) is 57.3 Å². The number of aromatic nitrogens is 2. The molecule has 2 heterocycles. The van der Waals surface area contributed by atoms with E-state index in [9.17, 15) is 4.79 Å². The number of hydrogen-bond acceptors (Lipinski definition) is 5. The number of allylic oxidation sites excluding steroid dienone is 3. The molecule has 0 fully saturated rings. The number of benzene rings is 1. The Morgan fingerprint density at radius 3 is 2.19 bits per heavy atom. The Balaban J connectivity index is 1.35. The highest BCUT2D eigenvalue weighted by Gasteiger charge is 2.44. The van der Waals surface area contributed by atoms with Gasteiger partial charge in [0.2, 0.25) is 10.8 Å². The monoisotopic (exact) mass is 590 g/mol. The van der Waals surface area contributed by atoms with Gasteiger partial charge in [0.05, 0.1) is 0 Å². The number of thioether (sulfide) groups is 1. The summed E-state index contributed by atoms with van der Waals surface area (Å²) in [5.41, 5.74) is 1.73. The Morgan fingerprint density at radius 2 is 1.54 bits per heavy atom. The zero-order chi connectivity index (χ0) is 26.3. The lowest BCUT2D eigenvalue weighted by Gasteiger charge is -2.34. The lowest BCUT2D eigenvalue weighted by atomic mass is 10.1. The number of fused-ring (bicyclic) bond motifs is 1. The fourth-order valence-electron chi connectivity index (χ4n) is 4.66. The van der Waals surface area contributed by atoms with Gasteiger partial charge in [0.1, 0.15) is 0 Å². The predicted molar refractivity (Wildman–Crippen MR) is 159 cm³/mol. The van der Waals surface area contributed by atoms with Crippen LogP contribution in [-0.2, 0) is 9.67 Å². The second-order valence-corrected chi connectivity index (χ2v) is 11.9. The summed E-state index contributed by atoms with van der Waals surface area (Å²) in [6.07, 6.45) is 22.6. The third-order valence-corrected chi connectivity index (χ3v) is 8.69. The van der Waals surface area contributed by atoms with Crippen LogP contribution in [0.1, 0.15) is 115 Å². The molecule has 1 aromatic carbocycles. The van der Waals surface area contributed by atoms with Crippen molar-refractivity contribution in [1.29, 1.82) is 0 Å². The molecule has 1 aliphatic rings. The van der Waals surface area contributed by atoms with Crippen LogP contribution in [-0.4, -0.2) is 16.3 Å². The Bertz CT molecular complexity index is 1040. The Labute approximate surface area is 235 Å². The highest BCUT2D eigenvalue weighted by Crippen LogP contribution is 2.47. The maximum atomic E-state index is 12.3. The van der Waals surface area contributed by atoms with Crippen molar-refractivity contribution in [2.24, 2.45) is 0 Å². The molecule has 7 heteroatoms. The smallest absolute Gasteiger partial charge is 0.352 e. The van der Waals surface area contributed by atoms with E-state index in [1.165, 1.54) is 93.4 Å². The molecule has 0 spiro atoms. The van der Waals surface area contributed by atoms with Gasteiger partial charge in [-0.15, -0.1) is 0 Å². The molecule has 0 amide bonds. The van der Waals surface area contributed by atoms with Crippen molar-refractivity contribution >= 4 is 33.4 Å². The SMILES string of the molecule is CCCCCCCC/C=C\CCCCCCCCO[C@@]1(c2ccc(Br)cc2)SC=C(C)n2c1noc2=O. The largest absolute Gasteiger partial charge is 0.446 e. The summed E-state index contributed by atoms with van der Waals surface area (Å²) in [5, 5.41) is 6.08. The van der Waals surface area contributed by atoms with Crippen LogP contribution >= 0.6 is 27.7 Å². The van der Waals surface area contributed by atoms with Crippen LogP contribution in [0, 0.1) is 0 Å². The maximum Gasteiger partial charge on any atom is 0.446 e. The first-order valence-corrected chi connectivity index (χ1v) is 15.7. The van der Waals surface area contributed by atoms with Gasteiger partial charge in [-0.05, 0) is 56.6 Å². The van der Waals surface area contributed by atoms with Gasteiger partial charge in [-0.25, -0.2) is 9.36 Å². The second-order valence-electron chi connectivity index (χ2n) is 9.89. The number of hydrogen-bond donors (Lipinski definition) is 0. The molecule has 0 saturated carbocycles. The summed E-state index contributed by atoms with van der Waals surface area (Å²) in [6, 6.07) is 7.99. The van der Waals surface area contributed by atoms with Crippen molar-refractivity contribution in [2.45, 2.75) is 109 Å². The van der Waals surface area contributed by atoms with Crippen molar-refractivity contribution in [3.05, 3.63) is 68.2 Å². The molecular formula is C30H43BrN2O3S. The van der Waals surface area contributed by atoms with E-state index < -0.39 is 10.7 Å². The molecule has 3 rings (SSSR count). The molecule has 0 saturated heterocycles. The summed E-state index contributed by atoms with van der Waals surface area (Å²) in [5.74, 6) is 0.0146. The normalized spacial score (nSPS) is 17.3. The van der Waals surface area contributed by atoms with Crippen molar-refractivity contribution in [2.75, 3.05) is 6.61 Å². The van der Waals surface area contributed by atoms with E-state index in [0.717, 1.165) is 28.6 Å². The summed E-state index contributed by atoms with van der Waals surface area (Å²) in [4.78, 5) is 11.4. The molecule has 1 atom stereocenters. The molecule has 37 heavy (non-hydrogen) atoms. The zero-order valence-electron chi connectivity index (χ0n) is 22.6. The molecule has 0 N–H and O–H groups in total. The Kier molecular flexibility index (Phi) is 13.3. The first-order chi connectivity index (χ1) is 18.1. The predicted octanol–water partition coefficient (Wildman–Crippen LogP) is 9.42.